The summed E-state index contributed by atoms with van der Waals surface area (Å²) in [4.78, 5) is 15.8. The van der Waals surface area contributed by atoms with Crippen molar-refractivity contribution in [2.24, 2.45) is 0 Å². The first-order valence-corrected chi connectivity index (χ1v) is 4.98. The largest absolute Gasteiger partial charge is 0.506 e. The minimum atomic E-state index is -0.0467. The van der Waals surface area contributed by atoms with Crippen LogP contribution >= 0.6 is 0 Å². The fourth-order valence-corrected chi connectivity index (χ4v) is 1.44. The molecule has 80 valence electrons. The summed E-state index contributed by atoms with van der Waals surface area (Å²) >= 11 is 0. The summed E-state index contributed by atoms with van der Waals surface area (Å²) in [6.45, 7) is 0. The topological polar surface area (TPSA) is 50.2 Å². The molecule has 0 saturated carbocycles. The molecular weight excluding hydrogens is 202 g/mol. The lowest BCUT2D eigenvalue weighted by Gasteiger charge is -2.02. The lowest BCUT2D eigenvalue weighted by Crippen LogP contribution is -2.04. The van der Waals surface area contributed by atoms with Crippen molar-refractivity contribution in [2.75, 3.05) is 0 Å². The Labute approximate surface area is 93.4 Å². The molecule has 0 bridgehead atoms. The highest BCUT2D eigenvalue weighted by Crippen LogP contribution is 2.15. The van der Waals surface area contributed by atoms with Gasteiger partial charge in [0.05, 0.1) is 12.1 Å². The van der Waals surface area contributed by atoms with Gasteiger partial charge in [-0.1, -0.05) is 30.3 Å². The van der Waals surface area contributed by atoms with Crippen LogP contribution < -0.4 is 0 Å². The first kappa shape index (κ1) is 10.4. The molecule has 0 unspecified atom stereocenters. The molecule has 0 aliphatic heterocycles. The van der Waals surface area contributed by atoms with Crippen LogP contribution in [0.1, 0.15) is 16.1 Å². The van der Waals surface area contributed by atoms with Gasteiger partial charge >= 0.3 is 0 Å². The molecule has 2 rings (SSSR count). The van der Waals surface area contributed by atoms with Crippen LogP contribution in [0.2, 0.25) is 0 Å². The van der Waals surface area contributed by atoms with Crippen LogP contribution in [0.5, 0.6) is 5.75 Å². The number of aromatic hydroxyl groups is 1. The Morgan fingerprint density at radius 2 is 1.88 bits per heavy atom. The summed E-state index contributed by atoms with van der Waals surface area (Å²) in [6, 6.07) is 12.1. The molecule has 0 atom stereocenters. The number of pyridine rings is 1. The smallest absolute Gasteiger partial charge is 0.168 e. The second kappa shape index (κ2) is 4.57. The molecule has 0 saturated heterocycles. The molecule has 0 amide bonds. The van der Waals surface area contributed by atoms with Crippen molar-refractivity contribution in [3.8, 4) is 5.75 Å². The van der Waals surface area contributed by atoms with E-state index < -0.39 is 0 Å². The minimum Gasteiger partial charge on any atom is -0.506 e. The van der Waals surface area contributed by atoms with Crippen molar-refractivity contribution in [3.63, 3.8) is 0 Å². The Kier molecular flexibility index (Phi) is 2.96. The molecule has 0 aliphatic carbocycles. The highest BCUT2D eigenvalue weighted by Gasteiger charge is 2.10. The Morgan fingerprint density at radius 3 is 2.56 bits per heavy atom. The zero-order valence-corrected chi connectivity index (χ0v) is 8.63. The summed E-state index contributed by atoms with van der Waals surface area (Å²) in [6.07, 6.45) is 1.68. The van der Waals surface area contributed by atoms with Gasteiger partial charge in [0, 0.05) is 11.8 Å². The van der Waals surface area contributed by atoms with Crippen molar-refractivity contribution in [3.05, 3.63) is 59.9 Å². The number of nitrogens with zero attached hydrogens (tertiary/aromatic N) is 1. The van der Waals surface area contributed by atoms with Gasteiger partial charge in [0.15, 0.2) is 5.78 Å². The van der Waals surface area contributed by atoms with Gasteiger partial charge in [0.1, 0.15) is 5.75 Å². The monoisotopic (exact) mass is 213 g/mol. The van der Waals surface area contributed by atoms with E-state index in [2.05, 4.69) is 4.98 Å². The normalized spacial score (nSPS) is 10.0. The molecule has 16 heavy (non-hydrogen) atoms. The highest BCUT2D eigenvalue weighted by atomic mass is 16.3. The van der Waals surface area contributed by atoms with Crippen LogP contribution in [-0.2, 0) is 6.42 Å². The maximum Gasteiger partial charge on any atom is 0.168 e. The van der Waals surface area contributed by atoms with Gasteiger partial charge in [-0.2, -0.15) is 0 Å². The molecule has 1 N–H and O–H groups in total. The minimum absolute atomic E-state index is 0.0467. The van der Waals surface area contributed by atoms with Crippen molar-refractivity contribution in [1.82, 2.24) is 4.98 Å². The maximum absolute atomic E-state index is 11.8. The molecule has 1 aromatic heterocycles. The molecule has 1 heterocycles. The van der Waals surface area contributed by atoms with Crippen LogP contribution in [0.15, 0.2) is 48.7 Å². The van der Waals surface area contributed by atoms with Gasteiger partial charge in [-0.3, -0.25) is 9.78 Å². The summed E-state index contributed by atoms with van der Waals surface area (Å²) < 4.78 is 0. The highest BCUT2D eigenvalue weighted by molar-refractivity contribution is 5.97. The van der Waals surface area contributed by atoms with Gasteiger partial charge in [0.25, 0.3) is 0 Å². The third kappa shape index (κ3) is 2.25. The van der Waals surface area contributed by atoms with Crippen LogP contribution in [0, 0.1) is 0 Å². The van der Waals surface area contributed by atoms with E-state index in [-0.39, 0.29) is 18.0 Å². The summed E-state index contributed by atoms with van der Waals surface area (Å²) in [5, 5.41) is 9.49. The Balaban J connectivity index is 2.18. The van der Waals surface area contributed by atoms with Crippen molar-refractivity contribution < 1.29 is 9.90 Å². The van der Waals surface area contributed by atoms with E-state index >= 15 is 0 Å². The van der Waals surface area contributed by atoms with Gasteiger partial charge in [-0.05, 0) is 12.1 Å². The molecular formula is C13H11NO2. The number of aromatic nitrogens is 1. The van der Waals surface area contributed by atoms with E-state index in [9.17, 15) is 9.90 Å². The fraction of sp³-hybridized carbons (Fsp3) is 0.0769. The molecule has 0 spiro atoms. The average Bonchev–Trinajstić information content (AvgIpc) is 2.33. The van der Waals surface area contributed by atoms with E-state index in [0.717, 1.165) is 0 Å². The van der Waals surface area contributed by atoms with Crippen molar-refractivity contribution >= 4 is 5.78 Å². The number of benzene rings is 1. The number of carbonyl (C=O) groups is 1. The number of hydrogen-bond donors (Lipinski definition) is 1. The molecule has 3 nitrogen and oxygen atoms in total. The van der Waals surface area contributed by atoms with Gasteiger partial charge in [0.2, 0.25) is 0 Å². The molecule has 0 aliphatic rings. The summed E-state index contributed by atoms with van der Waals surface area (Å²) in [5.74, 6) is 0.0152. The Morgan fingerprint density at radius 1 is 1.12 bits per heavy atom. The number of hydrogen-bond acceptors (Lipinski definition) is 3. The third-order valence-electron chi connectivity index (χ3n) is 2.29. The van der Waals surface area contributed by atoms with Gasteiger partial charge in [-0.25, -0.2) is 0 Å². The van der Waals surface area contributed by atoms with Gasteiger partial charge in [-0.15, -0.1) is 0 Å². The SMILES string of the molecule is O=C(Cc1ncccc1O)c1ccccc1. The lowest BCUT2D eigenvalue weighted by molar-refractivity contribution is 0.0991. The molecule has 0 radical (unpaired) electrons. The maximum atomic E-state index is 11.8. The van der Waals surface area contributed by atoms with Crippen LogP contribution in [0.25, 0.3) is 0 Å². The first-order valence-electron chi connectivity index (χ1n) is 4.98. The van der Waals surface area contributed by atoms with E-state index in [1.807, 2.05) is 18.2 Å². The number of rotatable bonds is 3. The fourth-order valence-electron chi connectivity index (χ4n) is 1.44. The Bertz CT molecular complexity index is 494. The molecule has 1 aromatic carbocycles. The molecule has 0 fully saturated rings. The average molecular weight is 213 g/mol. The van der Waals surface area contributed by atoms with Gasteiger partial charge < -0.3 is 5.11 Å². The molecule has 2 aromatic rings. The van der Waals surface area contributed by atoms with Crippen molar-refractivity contribution in [1.29, 1.82) is 0 Å². The summed E-state index contributed by atoms with van der Waals surface area (Å²) in [7, 11) is 0. The zero-order valence-electron chi connectivity index (χ0n) is 8.63. The van der Waals surface area contributed by atoms with E-state index in [4.69, 9.17) is 0 Å². The van der Waals surface area contributed by atoms with Crippen molar-refractivity contribution in [2.45, 2.75) is 6.42 Å². The predicted molar refractivity (Wildman–Crippen MR) is 60.4 cm³/mol. The lowest BCUT2D eigenvalue weighted by atomic mass is 10.1. The second-order valence-corrected chi connectivity index (χ2v) is 3.44. The summed E-state index contributed by atoms with van der Waals surface area (Å²) in [5.41, 5.74) is 1.05. The third-order valence-corrected chi connectivity index (χ3v) is 2.29. The quantitative estimate of drug-likeness (QED) is 0.795. The molecule has 3 heteroatoms. The van der Waals surface area contributed by atoms with E-state index in [1.54, 1.807) is 24.4 Å². The number of Topliss-reactive ketones (excluding diaryl/α,β-unsaturated/α-hetero) is 1. The van der Waals surface area contributed by atoms with E-state index in [1.165, 1.54) is 6.07 Å². The Hall–Kier alpha value is -2.16. The predicted octanol–water partition coefficient (Wildman–Crippen LogP) is 2.21. The zero-order chi connectivity index (χ0) is 11.4. The van der Waals surface area contributed by atoms with Crippen LogP contribution in [-0.4, -0.2) is 15.9 Å². The number of carbonyl (C=O) groups excluding carboxylic acids is 1. The second-order valence-electron chi connectivity index (χ2n) is 3.44. The standard InChI is InChI=1S/C13H11NO2/c15-12-7-4-8-14-11(12)9-13(16)10-5-2-1-3-6-10/h1-8,15H,9H2. The van der Waals surface area contributed by atoms with E-state index in [0.29, 0.717) is 11.3 Å². The number of ketones is 1. The first-order chi connectivity index (χ1) is 7.77. The van der Waals surface area contributed by atoms with Crippen LogP contribution in [0.4, 0.5) is 0 Å². The van der Waals surface area contributed by atoms with Crippen LogP contribution in [0.3, 0.4) is 0 Å².